The van der Waals surface area contributed by atoms with Gasteiger partial charge in [-0.2, -0.15) is 0 Å². The maximum Gasteiger partial charge on any atom is 0.253 e. The van der Waals surface area contributed by atoms with Crippen molar-refractivity contribution in [3.05, 3.63) is 83.9 Å². The number of hydrogen-bond acceptors (Lipinski definition) is 5. The van der Waals surface area contributed by atoms with Gasteiger partial charge < -0.3 is 20.5 Å². The Hall–Kier alpha value is -3.94. The fourth-order valence-electron chi connectivity index (χ4n) is 5.70. The quantitative estimate of drug-likeness (QED) is 0.431. The summed E-state index contributed by atoms with van der Waals surface area (Å²) in [6.07, 6.45) is 1.07. The van der Waals surface area contributed by atoms with E-state index in [4.69, 9.17) is 15.5 Å². The van der Waals surface area contributed by atoms with Crippen molar-refractivity contribution < 1.29 is 14.6 Å². The molecule has 2 aliphatic rings. The molecule has 1 amide bonds. The summed E-state index contributed by atoms with van der Waals surface area (Å²) in [5, 5.41) is 10.2. The smallest absolute Gasteiger partial charge is 0.253 e. The number of rotatable bonds is 4. The van der Waals surface area contributed by atoms with Gasteiger partial charge in [-0.05, 0) is 43.5 Å². The van der Waals surface area contributed by atoms with E-state index < -0.39 is 11.1 Å². The van der Waals surface area contributed by atoms with Crippen LogP contribution in [-0.2, 0) is 12.3 Å². The van der Waals surface area contributed by atoms with Crippen LogP contribution in [0.15, 0.2) is 72.8 Å². The highest BCUT2D eigenvalue weighted by molar-refractivity contribution is 5.96. The maximum absolute atomic E-state index is 12.7. The molecule has 188 valence electrons. The molecule has 2 heterocycles. The predicted octanol–water partition coefficient (Wildman–Crippen LogP) is 4.63. The van der Waals surface area contributed by atoms with E-state index in [1.165, 1.54) is 0 Å². The first-order valence-corrected chi connectivity index (χ1v) is 12.4. The maximum atomic E-state index is 12.7. The highest BCUT2D eigenvalue weighted by Crippen LogP contribution is 2.47. The second kappa shape index (κ2) is 8.30. The van der Waals surface area contributed by atoms with Gasteiger partial charge in [-0.1, -0.05) is 54.6 Å². The van der Waals surface area contributed by atoms with Crippen LogP contribution in [0.2, 0.25) is 0 Å². The summed E-state index contributed by atoms with van der Waals surface area (Å²) in [5.41, 5.74) is 11.5. The Balaban J connectivity index is 1.48. The monoisotopic (exact) mass is 494 g/mol. The zero-order valence-corrected chi connectivity index (χ0v) is 21.2. The predicted molar refractivity (Wildman–Crippen MR) is 143 cm³/mol. The number of fused-ring (bicyclic) bond motifs is 3. The number of aliphatic hydroxyl groups is 1. The molecule has 0 saturated heterocycles. The van der Waals surface area contributed by atoms with Crippen LogP contribution in [0.1, 0.15) is 35.7 Å². The van der Waals surface area contributed by atoms with E-state index in [9.17, 15) is 9.90 Å². The molecule has 7 nitrogen and oxygen atoms in total. The normalized spacial score (nSPS) is 21.9. The van der Waals surface area contributed by atoms with Crippen molar-refractivity contribution in [2.24, 2.45) is 5.73 Å². The van der Waals surface area contributed by atoms with Crippen molar-refractivity contribution in [3.8, 4) is 39.7 Å². The molecule has 4 aromatic rings. The van der Waals surface area contributed by atoms with Crippen molar-refractivity contribution in [3.63, 3.8) is 0 Å². The summed E-state index contributed by atoms with van der Waals surface area (Å²) in [5.74, 6) is 1.39. The molecule has 0 radical (unpaired) electrons. The van der Waals surface area contributed by atoms with E-state index in [2.05, 4.69) is 16.7 Å². The Morgan fingerprint density at radius 2 is 1.73 bits per heavy atom. The number of imidazole rings is 1. The van der Waals surface area contributed by atoms with Crippen LogP contribution in [0.3, 0.4) is 0 Å². The lowest BCUT2D eigenvalue weighted by Gasteiger charge is -2.49. The summed E-state index contributed by atoms with van der Waals surface area (Å²) in [6, 6.07) is 23.8. The number of ether oxygens (including phenoxy) is 1. The highest BCUT2D eigenvalue weighted by Gasteiger charge is 2.49. The minimum Gasteiger partial charge on any atom is -0.472 e. The van der Waals surface area contributed by atoms with Gasteiger partial charge in [0.2, 0.25) is 0 Å². The van der Waals surface area contributed by atoms with Gasteiger partial charge in [0, 0.05) is 36.3 Å². The first-order valence-electron chi connectivity index (χ1n) is 12.4. The van der Waals surface area contributed by atoms with Crippen LogP contribution in [-0.4, -0.2) is 45.2 Å². The highest BCUT2D eigenvalue weighted by atomic mass is 16.5. The summed E-state index contributed by atoms with van der Waals surface area (Å²) in [4.78, 5) is 19.4. The third-order valence-electron chi connectivity index (χ3n) is 7.36. The van der Waals surface area contributed by atoms with Gasteiger partial charge in [0.1, 0.15) is 11.6 Å². The lowest BCUT2D eigenvalue weighted by molar-refractivity contribution is -0.0738. The largest absolute Gasteiger partial charge is 0.472 e. The van der Waals surface area contributed by atoms with Gasteiger partial charge in [-0.3, -0.25) is 9.36 Å². The Bertz CT molecular complexity index is 1500. The standard InChI is InChI=1S/C30H30N4O3/c1-29(36)16-30(31,17-29)22-12-9-19(10-13-22)25-26(20-7-5-4-6-8-20)34-18-37-24-14-11-21(28(35)33(2)3)15-23(24)27(34)32-25/h4-15,36H,16-18,31H2,1-3H3. The average Bonchev–Trinajstić information content (AvgIpc) is 3.27. The molecule has 1 aliphatic carbocycles. The first-order chi connectivity index (χ1) is 17.7. The van der Waals surface area contributed by atoms with Crippen molar-refractivity contribution in [1.82, 2.24) is 14.5 Å². The van der Waals surface area contributed by atoms with Crippen LogP contribution in [0.5, 0.6) is 5.75 Å². The van der Waals surface area contributed by atoms with Gasteiger partial charge >= 0.3 is 0 Å². The zero-order chi connectivity index (χ0) is 25.9. The lowest BCUT2D eigenvalue weighted by Crippen LogP contribution is -2.58. The topological polar surface area (TPSA) is 93.6 Å². The summed E-state index contributed by atoms with van der Waals surface area (Å²) in [6.45, 7) is 2.14. The lowest BCUT2D eigenvalue weighted by atomic mass is 9.63. The van der Waals surface area contributed by atoms with Crippen LogP contribution in [0.25, 0.3) is 33.9 Å². The third kappa shape index (κ3) is 3.91. The Kier molecular flexibility index (Phi) is 5.26. The minimum absolute atomic E-state index is 0.0729. The molecular formula is C30H30N4O3. The zero-order valence-electron chi connectivity index (χ0n) is 21.2. The van der Waals surface area contributed by atoms with Crippen molar-refractivity contribution in [1.29, 1.82) is 0 Å². The Labute approximate surface area is 216 Å². The van der Waals surface area contributed by atoms with Crippen LogP contribution < -0.4 is 10.5 Å². The average molecular weight is 495 g/mol. The SMILES string of the molecule is CN(C)C(=O)c1ccc2c(c1)-c1nc(-c3ccc(C4(N)CC(C)(O)C4)cc3)c(-c3ccccc3)n1CO2. The molecule has 0 spiro atoms. The molecular weight excluding hydrogens is 464 g/mol. The number of carbonyl (C=O) groups is 1. The molecule has 6 rings (SSSR count). The molecule has 0 unspecified atom stereocenters. The molecule has 37 heavy (non-hydrogen) atoms. The third-order valence-corrected chi connectivity index (χ3v) is 7.36. The van der Waals surface area contributed by atoms with Gasteiger partial charge in [0.25, 0.3) is 5.91 Å². The van der Waals surface area contributed by atoms with Crippen molar-refractivity contribution in [2.75, 3.05) is 14.1 Å². The summed E-state index contributed by atoms with van der Waals surface area (Å²) < 4.78 is 8.19. The van der Waals surface area contributed by atoms with E-state index in [1.54, 1.807) is 25.1 Å². The molecule has 1 saturated carbocycles. The first kappa shape index (κ1) is 23.5. The molecule has 1 aliphatic heterocycles. The minimum atomic E-state index is -0.711. The second-order valence-corrected chi connectivity index (χ2v) is 10.7. The van der Waals surface area contributed by atoms with Crippen LogP contribution in [0.4, 0.5) is 0 Å². The number of aromatic nitrogens is 2. The number of benzene rings is 3. The molecule has 1 aromatic heterocycles. The van der Waals surface area contributed by atoms with E-state index in [0.717, 1.165) is 39.5 Å². The molecule has 0 atom stereocenters. The molecule has 0 bridgehead atoms. The number of carbonyl (C=O) groups excluding carboxylic acids is 1. The van der Waals surface area contributed by atoms with Gasteiger partial charge in [0.05, 0.1) is 22.6 Å². The summed E-state index contributed by atoms with van der Waals surface area (Å²) in [7, 11) is 3.48. The van der Waals surface area contributed by atoms with E-state index >= 15 is 0 Å². The van der Waals surface area contributed by atoms with Crippen molar-refractivity contribution >= 4 is 5.91 Å². The van der Waals surface area contributed by atoms with Gasteiger partial charge in [-0.25, -0.2) is 4.98 Å². The van der Waals surface area contributed by atoms with Gasteiger partial charge in [-0.15, -0.1) is 0 Å². The number of nitrogens with zero attached hydrogens (tertiary/aromatic N) is 3. The fraction of sp³-hybridized carbons (Fsp3) is 0.267. The van der Waals surface area contributed by atoms with E-state index in [-0.39, 0.29) is 5.91 Å². The Morgan fingerprint density at radius 1 is 1.03 bits per heavy atom. The van der Waals surface area contributed by atoms with E-state index in [0.29, 0.717) is 30.9 Å². The Morgan fingerprint density at radius 3 is 2.38 bits per heavy atom. The summed E-state index contributed by atoms with van der Waals surface area (Å²) >= 11 is 0. The second-order valence-electron chi connectivity index (χ2n) is 10.7. The molecule has 1 fully saturated rings. The number of hydrogen-bond donors (Lipinski definition) is 2. The van der Waals surface area contributed by atoms with Crippen LogP contribution >= 0.6 is 0 Å². The van der Waals surface area contributed by atoms with Gasteiger partial charge in [0.15, 0.2) is 6.73 Å². The van der Waals surface area contributed by atoms with E-state index in [1.807, 2.05) is 61.5 Å². The van der Waals surface area contributed by atoms with Crippen molar-refractivity contribution in [2.45, 2.75) is 37.6 Å². The van der Waals surface area contributed by atoms with Crippen LogP contribution in [0, 0.1) is 0 Å². The molecule has 3 N–H and O–H groups in total. The number of nitrogens with two attached hydrogens (primary N) is 1. The molecule has 7 heteroatoms. The fourth-order valence-corrected chi connectivity index (χ4v) is 5.70. The number of amides is 1. The molecule has 3 aromatic carbocycles.